The molecule has 16 heavy (non-hydrogen) atoms. The van der Waals surface area contributed by atoms with Crippen LogP contribution < -0.4 is 5.73 Å². The van der Waals surface area contributed by atoms with Crippen LogP contribution in [0.15, 0.2) is 24.9 Å². The summed E-state index contributed by atoms with van der Waals surface area (Å²) in [4.78, 5) is 23.3. The summed E-state index contributed by atoms with van der Waals surface area (Å²) in [6.45, 7) is 0. The van der Waals surface area contributed by atoms with Crippen LogP contribution in [0.1, 0.15) is 21.9 Å². The van der Waals surface area contributed by atoms with E-state index in [1.165, 1.54) is 12.4 Å². The maximum absolute atomic E-state index is 11.1. The van der Waals surface area contributed by atoms with Gasteiger partial charge in [0, 0.05) is 32.1 Å². The van der Waals surface area contributed by atoms with Crippen LogP contribution in [0.3, 0.4) is 0 Å². The zero-order valence-electron chi connectivity index (χ0n) is 8.79. The van der Waals surface area contributed by atoms with Crippen LogP contribution in [-0.4, -0.2) is 25.4 Å². The van der Waals surface area contributed by atoms with Crippen molar-refractivity contribution < 1.29 is 4.79 Å². The molecule has 2 rings (SSSR count). The van der Waals surface area contributed by atoms with E-state index in [-0.39, 0.29) is 5.69 Å². The minimum absolute atomic E-state index is 0.202. The van der Waals surface area contributed by atoms with E-state index in [0.29, 0.717) is 12.1 Å². The van der Waals surface area contributed by atoms with E-state index < -0.39 is 5.91 Å². The molecule has 6 heteroatoms. The Kier molecular flexibility index (Phi) is 2.63. The van der Waals surface area contributed by atoms with Crippen molar-refractivity contribution in [3.63, 3.8) is 0 Å². The van der Waals surface area contributed by atoms with Gasteiger partial charge in [-0.1, -0.05) is 0 Å². The molecule has 6 nitrogen and oxygen atoms in total. The van der Waals surface area contributed by atoms with Crippen LogP contribution in [0.5, 0.6) is 0 Å². The predicted molar refractivity (Wildman–Crippen MR) is 56.6 cm³/mol. The number of primary amides is 1. The number of hydrogen-bond donors (Lipinski definition) is 1. The number of aryl methyl sites for hydroxylation is 1. The lowest BCUT2D eigenvalue weighted by Crippen LogP contribution is -2.17. The van der Waals surface area contributed by atoms with Crippen LogP contribution in [-0.2, 0) is 13.5 Å². The zero-order valence-corrected chi connectivity index (χ0v) is 8.79. The molecule has 82 valence electrons. The molecule has 0 bridgehead atoms. The zero-order chi connectivity index (χ0) is 11.5. The largest absolute Gasteiger partial charge is 0.364 e. The van der Waals surface area contributed by atoms with Gasteiger partial charge in [-0.05, 0) is 0 Å². The first-order valence-corrected chi connectivity index (χ1v) is 4.73. The molecule has 0 aromatic carbocycles. The van der Waals surface area contributed by atoms with Crippen molar-refractivity contribution >= 4 is 5.91 Å². The molecule has 0 spiro atoms. The fourth-order valence-electron chi connectivity index (χ4n) is 1.43. The van der Waals surface area contributed by atoms with Gasteiger partial charge in [-0.25, -0.2) is 9.97 Å². The van der Waals surface area contributed by atoms with E-state index in [4.69, 9.17) is 5.73 Å². The van der Waals surface area contributed by atoms with Gasteiger partial charge < -0.3 is 10.3 Å². The summed E-state index contributed by atoms with van der Waals surface area (Å²) >= 11 is 0. The Morgan fingerprint density at radius 2 is 2.12 bits per heavy atom. The second-order valence-corrected chi connectivity index (χ2v) is 3.42. The second-order valence-electron chi connectivity index (χ2n) is 3.42. The van der Waals surface area contributed by atoms with E-state index in [2.05, 4.69) is 15.0 Å². The molecular weight excluding hydrogens is 206 g/mol. The highest BCUT2D eigenvalue weighted by molar-refractivity contribution is 5.91. The lowest BCUT2D eigenvalue weighted by Gasteiger charge is -2.01. The molecule has 2 aromatic heterocycles. The van der Waals surface area contributed by atoms with Crippen LogP contribution in [0.4, 0.5) is 0 Å². The van der Waals surface area contributed by atoms with Crippen LogP contribution in [0, 0.1) is 0 Å². The number of rotatable bonds is 3. The van der Waals surface area contributed by atoms with Gasteiger partial charge in [0.25, 0.3) is 5.91 Å². The summed E-state index contributed by atoms with van der Waals surface area (Å²) in [5, 5.41) is 0. The number of aromatic nitrogens is 4. The molecule has 0 saturated heterocycles. The highest BCUT2D eigenvalue weighted by Crippen LogP contribution is 2.07. The minimum atomic E-state index is -0.570. The molecule has 0 aliphatic carbocycles. The maximum Gasteiger partial charge on any atom is 0.269 e. The third kappa shape index (κ3) is 2.05. The van der Waals surface area contributed by atoms with Gasteiger partial charge in [0.2, 0.25) is 0 Å². The van der Waals surface area contributed by atoms with Crippen molar-refractivity contribution in [1.29, 1.82) is 0 Å². The monoisotopic (exact) mass is 217 g/mol. The Bertz CT molecular complexity index is 519. The van der Waals surface area contributed by atoms with Crippen molar-refractivity contribution in [2.24, 2.45) is 12.8 Å². The van der Waals surface area contributed by atoms with Gasteiger partial charge in [-0.3, -0.25) is 9.78 Å². The number of hydrogen-bond acceptors (Lipinski definition) is 4. The molecule has 0 atom stereocenters. The summed E-state index contributed by atoms with van der Waals surface area (Å²) in [6, 6.07) is 0. The molecule has 0 radical (unpaired) electrons. The highest BCUT2D eigenvalue weighted by Gasteiger charge is 2.11. The van der Waals surface area contributed by atoms with Gasteiger partial charge in [0.05, 0.1) is 17.7 Å². The van der Waals surface area contributed by atoms with Gasteiger partial charge in [-0.15, -0.1) is 0 Å². The number of imidazole rings is 1. The summed E-state index contributed by atoms with van der Waals surface area (Å²) in [6.07, 6.45) is 6.98. The fourth-order valence-corrected chi connectivity index (χ4v) is 1.43. The molecule has 0 saturated carbocycles. The van der Waals surface area contributed by atoms with Crippen LogP contribution in [0.25, 0.3) is 0 Å². The second kappa shape index (κ2) is 4.09. The third-order valence-electron chi connectivity index (χ3n) is 2.11. The van der Waals surface area contributed by atoms with E-state index in [1.807, 2.05) is 17.8 Å². The average molecular weight is 217 g/mol. The van der Waals surface area contributed by atoms with E-state index in [0.717, 1.165) is 5.69 Å². The number of nitrogens with zero attached hydrogens (tertiary/aromatic N) is 4. The van der Waals surface area contributed by atoms with Crippen molar-refractivity contribution in [2.45, 2.75) is 6.42 Å². The first kappa shape index (κ1) is 10.3. The molecule has 2 N–H and O–H groups in total. The quantitative estimate of drug-likeness (QED) is 0.777. The Balaban J connectivity index is 2.31. The van der Waals surface area contributed by atoms with Gasteiger partial charge in [0.15, 0.2) is 0 Å². The topological polar surface area (TPSA) is 86.7 Å². The first-order valence-electron chi connectivity index (χ1n) is 4.73. The first-order chi connectivity index (χ1) is 7.66. The van der Waals surface area contributed by atoms with E-state index in [9.17, 15) is 4.79 Å². The lowest BCUT2D eigenvalue weighted by atomic mass is 10.2. The Labute approximate surface area is 92.2 Å². The number of carbonyl (C=O) groups excluding carboxylic acids is 1. The van der Waals surface area contributed by atoms with Gasteiger partial charge in [-0.2, -0.15) is 0 Å². The van der Waals surface area contributed by atoms with Crippen molar-refractivity contribution in [2.75, 3.05) is 0 Å². The van der Waals surface area contributed by atoms with Crippen molar-refractivity contribution in [3.05, 3.63) is 42.0 Å². The normalized spacial score (nSPS) is 10.3. The molecule has 0 unspecified atom stereocenters. The summed E-state index contributed by atoms with van der Waals surface area (Å²) in [7, 11) is 1.88. The van der Waals surface area contributed by atoms with Crippen molar-refractivity contribution in [3.8, 4) is 0 Å². The number of carbonyl (C=O) groups is 1. The molecule has 2 heterocycles. The smallest absolute Gasteiger partial charge is 0.269 e. The average Bonchev–Trinajstić information content (AvgIpc) is 2.64. The number of amides is 1. The molecule has 0 fully saturated rings. The Morgan fingerprint density at radius 1 is 1.38 bits per heavy atom. The standard InChI is InChI=1S/C10H11N5O/c1-15-5-7(14-6-15)4-8-9(10(11)16)13-3-2-12-8/h2-3,5-6H,4H2,1H3,(H2,11,16). The molecule has 1 amide bonds. The third-order valence-corrected chi connectivity index (χ3v) is 2.11. The van der Waals surface area contributed by atoms with E-state index in [1.54, 1.807) is 6.33 Å². The van der Waals surface area contributed by atoms with Gasteiger partial charge >= 0.3 is 0 Å². The lowest BCUT2D eigenvalue weighted by molar-refractivity contribution is 0.0994. The highest BCUT2D eigenvalue weighted by atomic mass is 16.1. The predicted octanol–water partition coefficient (Wildman–Crippen LogP) is -0.100. The van der Waals surface area contributed by atoms with Crippen LogP contribution in [0.2, 0.25) is 0 Å². The van der Waals surface area contributed by atoms with Crippen LogP contribution >= 0.6 is 0 Å². The fraction of sp³-hybridized carbons (Fsp3) is 0.200. The minimum Gasteiger partial charge on any atom is -0.364 e. The molecule has 0 aliphatic heterocycles. The molecule has 2 aromatic rings. The van der Waals surface area contributed by atoms with E-state index >= 15 is 0 Å². The molecular formula is C10H11N5O. The SMILES string of the molecule is Cn1cnc(Cc2nccnc2C(N)=O)c1. The summed E-state index contributed by atoms with van der Waals surface area (Å²) < 4.78 is 1.83. The Hall–Kier alpha value is -2.24. The summed E-state index contributed by atoms with van der Waals surface area (Å²) in [5.41, 5.74) is 6.78. The van der Waals surface area contributed by atoms with Crippen molar-refractivity contribution in [1.82, 2.24) is 19.5 Å². The maximum atomic E-state index is 11.1. The number of nitrogens with two attached hydrogens (primary N) is 1. The molecule has 0 aliphatic rings. The summed E-state index contributed by atoms with van der Waals surface area (Å²) in [5.74, 6) is -0.570. The Morgan fingerprint density at radius 3 is 2.75 bits per heavy atom. The van der Waals surface area contributed by atoms with Gasteiger partial charge in [0.1, 0.15) is 5.69 Å².